The standard InChI is InChI=1S/C14H20N2O4/c1-3-20-13(17)11-5-7-12(8-6-11)16-14(18)15-9-4-10-19-2/h5-8H,3-4,9-10H2,1-2H3,(H2,15,16,18). The Morgan fingerprint density at radius 1 is 1.20 bits per heavy atom. The number of methoxy groups -OCH3 is 1. The highest BCUT2D eigenvalue weighted by Crippen LogP contribution is 2.10. The van der Waals surface area contributed by atoms with Crippen LogP contribution in [-0.4, -0.2) is 38.9 Å². The summed E-state index contributed by atoms with van der Waals surface area (Å²) >= 11 is 0. The molecule has 0 fully saturated rings. The second-order valence-corrected chi connectivity index (χ2v) is 4.03. The van der Waals surface area contributed by atoms with Crippen molar-refractivity contribution in [3.63, 3.8) is 0 Å². The first-order valence-electron chi connectivity index (χ1n) is 6.48. The maximum atomic E-state index is 11.5. The van der Waals surface area contributed by atoms with E-state index in [4.69, 9.17) is 9.47 Å². The summed E-state index contributed by atoms with van der Waals surface area (Å²) in [5, 5.41) is 5.38. The highest BCUT2D eigenvalue weighted by molar-refractivity contribution is 5.92. The number of nitrogens with one attached hydrogen (secondary N) is 2. The predicted molar refractivity (Wildman–Crippen MR) is 75.9 cm³/mol. The molecule has 0 saturated heterocycles. The Balaban J connectivity index is 2.41. The van der Waals surface area contributed by atoms with Gasteiger partial charge in [0.2, 0.25) is 0 Å². The van der Waals surface area contributed by atoms with Crippen LogP contribution in [0.15, 0.2) is 24.3 Å². The normalized spacial score (nSPS) is 9.90. The molecule has 0 radical (unpaired) electrons. The summed E-state index contributed by atoms with van der Waals surface area (Å²) in [4.78, 5) is 23.0. The molecule has 20 heavy (non-hydrogen) atoms. The van der Waals surface area contributed by atoms with Crippen LogP contribution in [0.5, 0.6) is 0 Å². The molecule has 1 rings (SSSR count). The second kappa shape index (κ2) is 8.92. The van der Waals surface area contributed by atoms with Crippen molar-refractivity contribution in [2.75, 3.05) is 32.2 Å². The van der Waals surface area contributed by atoms with Gasteiger partial charge in [0.05, 0.1) is 12.2 Å². The van der Waals surface area contributed by atoms with Gasteiger partial charge >= 0.3 is 12.0 Å². The van der Waals surface area contributed by atoms with Crippen LogP contribution in [0, 0.1) is 0 Å². The van der Waals surface area contributed by atoms with Crippen molar-refractivity contribution in [2.24, 2.45) is 0 Å². The van der Waals surface area contributed by atoms with E-state index in [0.717, 1.165) is 6.42 Å². The first-order chi connectivity index (χ1) is 9.67. The fourth-order valence-electron chi connectivity index (χ4n) is 1.50. The molecule has 0 aliphatic rings. The van der Waals surface area contributed by atoms with Gasteiger partial charge in [0, 0.05) is 25.9 Å². The van der Waals surface area contributed by atoms with E-state index in [1.807, 2.05) is 0 Å². The van der Waals surface area contributed by atoms with E-state index >= 15 is 0 Å². The lowest BCUT2D eigenvalue weighted by atomic mass is 10.2. The molecule has 0 aliphatic heterocycles. The summed E-state index contributed by atoms with van der Waals surface area (Å²) in [6, 6.07) is 6.24. The molecule has 6 nitrogen and oxygen atoms in total. The molecule has 0 aromatic heterocycles. The average molecular weight is 280 g/mol. The number of hydrogen-bond acceptors (Lipinski definition) is 4. The number of anilines is 1. The van der Waals surface area contributed by atoms with Gasteiger partial charge in [-0.15, -0.1) is 0 Å². The summed E-state index contributed by atoms with van der Waals surface area (Å²) in [7, 11) is 1.62. The Hall–Kier alpha value is -2.08. The van der Waals surface area contributed by atoms with Gasteiger partial charge in [0.15, 0.2) is 0 Å². The summed E-state index contributed by atoms with van der Waals surface area (Å²) in [5.41, 5.74) is 1.07. The zero-order valence-corrected chi connectivity index (χ0v) is 11.8. The van der Waals surface area contributed by atoms with Crippen LogP contribution in [0.4, 0.5) is 10.5 Å². The predicted octanol–water partition coefficient (Wildman–Crippen LogP) is 2.02. The molecule has 2 amide bonds. The van der Waals surface area contributed by atoms with Gasteiger partial charge in [-0.3, -0.25) is 0 Å². The van der Waals surface area contributed by atoms with Gasteiger partial charge in [-0.25, -0.2) is 9.59 Å². The van der Waals surface area contributed by atoms with Gasteiger partial charge < -0.3 is 20.1 Å². The topological polar surface area (TPSA) is 76.7 Å². The molecular weight excluding hydrogens is 260 g/mol. The molecule has 110 valence electrons. The van der Waals surface area contributed by atoms with Crippen LogP contribution in [0.25, 0.3) is 0 Å². The molecule has 0 aliphatic carbocycles. The fourth-order valence-corrected chi connectivity index (χ4v) is 1.50. The summed E-state index contributed by atoms with van der Waals surface area (Å²) in [6.07, 6.45) is 0.756. The van der Waals surface area contributed by atoms with Crippen molar-refractivity contribution >= 4 is 17.7 Å². The first kappa shape index (κ1) is 16.0. The number of carbonyl (C=O) groups excluding carboxylic acids is 2. The Morgan fingerprint density at radius 2 is 1.90 bits per heavy atom. The Labute approximate surface area is 118 Å². The second-order valence-electron chi connectivity index (χ2n) is 4.03. The molecule has 0 saturated carbocycles. The maximum absolute atomic E-state index is 11.5. The summed E-state index contributed by atoms with van der Waals surface area (Å²) < 4.78 is 9.76. The molecule has 0 atom stereocenters. The Bertz CT molecular complexity index is 431. The quantitative estimate of drug-likeness (QED) is 0.592. The van der Waals surface area contributed by atoms with Crippen LogP contribution in [0.3, 0.4) is 0 Å². The molecule has 1 aromatic rings. The average Bonchev–Trinajstić information content (AvgIpc) is 2.45. The fraction of sp³-hybridized carbons (Fsp3) is 0.429. The van der Waals surface area contributed by atoms with E-state index in [0.29, 0.717) is 31.0 Å². The SMILES string of the molecule is CCOC(=O)c1ccc(NC(=O)NCCCOC)cc1. The number of ether oxygens (including phenoxy) is 2. The minimum atomic E-state index is -0.372. The summed E-state index contributed by atoms with van der Waals surface area (Å²) in [5.74, 6) is -0.372. The van der Waals surface area contributed by atoms with E-state index in [1.165, 1.54) is 0 Å². The van der Waals surface area contributed by atoms with Crippen molar-refractivity contribution in [3.8, 4) is 0 Å². The van der Waals surface area contributed by atoms with Crippen molar-refractivity contribution in [3.05, 3.63) is 29.8 Å². The third-order valence-electron chi connectivity index (χ3n) is 2.46. The lowest BCUT2D eigenvalue weighted by molar-refractivity contribution is 0.0526. The smallest absolute Gasteiger partial charge is 0.338 e. The number of amides is 2. The van der Waals surface area contributed by atoms with Crippen molar-refractivity contribution in [1.82, 2.24) is 5.32 Å². The van der Waals surface area contributed by atoms with E-state index in [-0.39, 0.29) is 12.0 Å². The van der Waals surface area contributed by atoms with Gasteiger partial charge in [-0.05, 0) is 37.6 Å². The number of hydrogen-bond donors (Lipinski definition) is 2. The number of rotatable bonds is 7. The largest absolute Gasteiger partial charge is 0.462 e. The minimum Gasteiger partial charge on any atom is -0.462 e. The Kier molecular flexibility index (Phi) is 7.13. The van der Waals surface area contributed by atoms with Crippen molar-refractivity contribution < 1.29 is 19.1 Å². The third kappa shape index (κ3) is 5.71. The summed E-state index contributed by atoms with van der Waals surface area (Å²) in [6.45, 7) is 3.24. The van der Waals surface area contributed by atoms with Crippen molar-refractivity contribution in [1.29, 1.82) is 0 Å². The zero-order chi connectivity index (χ0) is 14.8. The van der Waals surface area contributed by atoms with E-state index in [1.54, 1.807) is 38.3 Å². The van der Waals surface area contributed by atoms with Gasteiger partial charge in [0.1, 0.15) is 0 Å². The lowest BCUT2D eigenvalue weighted by Crippen LogP contribution is -2.30. The highest BCUT2D eigenvalue weighted by atomic mass is 16.5. The van der Waals surface area contributed by atoms with Crippen LogP contribution in [0.2, 0.25) is 0 Å². The third-order valence-corrected chi connectivity index (χ3v) is 2.46. The van der Waals surface area contributed by atoms with Crippen LogP contribution in [-0.2, 0) is 9.47 Å². The number of benzene rings is 1. The monoisotopic (exact) mass is 280 g/mol. The molecule has 0 spiro atoms. The minimum absolute atomic E-state index is 0.287. The molecule has 0 heterocycles. The molecule has 0 bridgehead atoms. The number of carbonyl (C=O) groups is 2. The number of esters is 1. The van der Waals surface area contributed by atoms with E-state index in [2.05, 4.69) is 10.6 Å². The molecule has 1 aromatic carbocycles. The van der Waals surface area contributed by atoms with E-state index in [9.17, 15) is 9.59 Å². The molecule has 0 unspecified atom stereocenters. The van der Waals surface area contributed by atoms with Crippen molar-refractivity contribution in [2.45, 2.75) is 13.3 Å². The molecular formula is C14H20N2O4. The highest BCUT2D eigenvalue weighted by Gasteiger charge is 2.06. The number of urea groups is 1. The van der Waals surface area contributed by atoms with E-state index < -0.39 is 0 Å². The van der Waals surface area contributed by atoms with Gasteiger partial charge in [-0.1, -0.05) is 0 Å². The van der Waals surface area contributed by atoms with Gasteiger partial charge in [0.25, 0.3) is 0 Å². The van der Waals surface area contributed by atoms with Crippen LogP contribution in [0.1, 0.15) is 23.7 Å². The molecule has 6 heteroatoms. The van der Waals surface area contributed by atoms with Gasteiger partial charge in [-0.2, -0.15) is 0 Å². The Morgan fingerprint density at radius 3 is 2.50 bits per heavy atom. The maximum Gasteiger partial charge on any atom is 0.338 e. The van der Waals surface area contributed by atoms with Crippen LogP contribution >= 0.6 is 0 Å². The lowest BCUT2D eigenvalue weighted by Gasteiger charge is -2.08. The van der Waals surface area contributed by atoms with Crippen LogP contribution < -0.4 is 10.6 Å². The molecule has 2 N–H and O–H groups in total. The first-order valence-corrected chi connectivity index (χ1v) is 6.48. The zero-order valence-electron chi connectivity index (χ0n) is 11.8.